The van der Waals surface area contributed by atoms with E-state index in [4.69, 9.17) is 18.9 Å². The number of epoxide rings is 2. The molecule has 2 heterocycles. The number of ether oxygens (including phenoxy) is 4. The van der Waals surface area contributed by atoms with Crippen molar-refractivity contribution in [3.8, 4) is 0 Å². The van der Waals surface area contributed by atoms with Gasteiger partial charge < -0.3 is 18.9 Å². The van der Waals surface area contributed by atoms with Gasteiger partial charge in [-0.25, -0.2) is 0 Å². The van der Waals surface area contributed by atoms with E-state index >= 15 is 0 Å². The minimum absolute atomic E-state index is 0.340. The zero-order valence-corrected chi connectivity index (χ0v) is 17.5. The van der Waals surface area contributed by atoms with Gasteiger partial charge in [0.25, 0.3) is 0 Å². The van der Waals surface area contributed by atoms with Crippen LogP contribution in [0.25, 0.3) is 21.5 Å². The highest BCUT2D eigenvalue weighted by molar-refractivity contribution is 6.05. The van der Waals surface area contributed by atoms with Crippen LogP contribution in [0.15, 0.2) is 48.5 Å². The molecule has 0 bridgehead atoms. The molecule has 4 nitrogen and oxygen atoms in total. The summed E-state index contributed by atoms with van der Waals surface area (Å²) in [6.07, 6.45) is 4.78. The number of fused-ring (bicyclic) bond motifs is 2. The van der Waals surface area contributed by atoms with Gasteiger partial charge in [-0.15, -0.1) is 0 Å². The second kappa shape index (κ2) is 9.44. The number of hydrogen-bond acceptors (Lipinski definition) is 4. The molecule has 3 aromatic carbocycles. The Labute approximate surface area is 178 Å². The van der Waals surface area contributed by atoms with Gasteiger partial charge in [-0.05, 0) is 58.4 Å². The first kappa shape index (κ1) is 20.0. The predicted octanol–water partition coefficient (Wildman–Crippen LogP) is 4.69. The topological polar surface area (TPSA) is 43.5 Å². The van der Waals surface area contributed by atoms with Crippen LogP contribution in [0.1, 0.15) is 24.0 Å². The highest BCUT2D eigenvalue weighted by atomic mass is 16.6. The molecule has 0 spiro atoms. The van der Waals surface area contributed by atoms with Gasteiger partial charge >= 0.3 is 0 Å². The molecule has 4 heteroatoms. The highest BCUT2D eigenvalue weighted by Crippen LogP contribution is 2.34. The molecule has 0 saturated carbocycles. The lowest BCUT2D eigenvalue weighted by Crippen LogP contribution is -2.05. The third kappa shape index (κ3) is 4.84. The van der Waals surface area contributed by atoms with Crippen molar-refractivity contribution in [2.75, 3.05) is 39.6 Å². The van der Waals surface area contributed by atoms with E-state index in [0.717, 1.165) is 65.3 Å². The van der Waals surface area contributed by atoms with Crippen LogP contribution >= 0.6 is 0 Å². The Morgan fingerprint density at radius 3 is 1.33 bits per heavy atom. The molecule has 158 valence electrons. The van der Waals surface area contributed by atoms with Gasteiger partial charge in [0.15, 0.2) is 0 Å². The normalized spacial score (nSPS) is 20.1. The molecule has 0 radical (unpaired) electrons. The Morgan fingerprint density at radius 2 is 1.00 bits per heavy atom. The van der Waals surface area contributed by atoms with Gasteiger partial charge in [-0.2, -0.15) is 0 Å². The Hall–Kier alpha value is -1.98. The molecule has 30 heavy (non-hydrogen) atoms. The first-order valence-electron chi connectivity index (χ1n) is 11.2. The van der Waals surface area contributed by atoms with Crippen molar-refractivity contribution >= 4 is 21.5 Å². The molecule has 5 rings (SSSR count). The molecule has 0 amide bonds. The number of rotatable bonds is 12. The fourth-order valence-corrected chi connectivity index (χ4v) is 4.31. The van der Waals surface area contributed by atoms with E-state index in [2.05, 4.69) is 48.5 Å². The Kier molecular flexibility index (Phi) is 6.28. The molecule has 0 aliphatic carbocycles. The van der Waals surface area contributed by atoms with Gasteiger partial charge in [-0.3, -0.25) is 0 Å². The van der Waals surface area contributed by atoms with Crippen molar-refractivity contribution in [3.63, 3.8) is 0 Å². The molecule has 0 aromatic heterocycles. The minimum atomic E-state index is 0.340. The monoisotopic (exact) mass is 406 g/mol. The highest BCUT2D eigenvalue weighted by Gasteiger charge is 2.22. The summed E-state index contributed by atoms with van der Waals surface area (Å²) >= 11 is 0. The van der Waals surface area contributed by atoms with Gasteiger partial charge in [-0.1, -0.05) is 48.5 Å². The summed E-state index contributed by atoms with van der Waals surface area (Å²) in [5.74, 6) is 0. The summed E-state index contributed by atoms with van der Waals surface area (Å²) < 4.78 is 22.0. The van der Waals surface area contributed by atoms with Crippen molar-refractivity contribution in [3.05, 3.63) is 59.7 Å². The van der Waals surface area contributed by atoms with E-state index < -0.39 is 0 Å². The first-order chi connectivity index (χ1) is 14.9. The molecule has 2 aliphatic rings. The number of hydrogen-bond donors (Lipinski definition) is 0. The van der Waals surface area contributed by atoms with Crippen LogP contribution in [0.2, 0.25) is 0 Å². The van der Waals surface area contributed by atoms with Crippen LogP contribution < -0.4 is 0 Å². The maximum atomic E-state index is 5.78. The zero-order valence-electron chi connectivity index (χ0n) is 17.5. The lowest BCUT2D eigenvalue weighted by atomic mass is 9.88. The van der Waals surface area contributed by atoms with E-state index in [0.29, 0.717) is 12.2 Å². The molecular formula is C26H30O4. The van der Waals surface area contributed by atoms with Crippen LogP contribution in [0.5, 0.6) is 0 Å². The second-order valence-electron chi connectivity index (χ2n) is 8.32. The third-order valence-electron chi connectivity index (χ3n) is 6.00. The van der Waals surface area contributed by atoms with Gasteiger partial charge in [0.2, 0.25) is 0 Å². The summed E-state index contributed by atoms with van der Waals surface area (Å²) in [7, 11) is 0. The second-order valence-corrected chi connectivity index (χ2v) is 8.32. The Morgan fingerprint density at radius 1 is 0.633 bits per heavy atom. The molecule has 2 unspecified atom stereocenters. The maximum Gasteiger partial charge on any atom is 0.104 e. The molecule has 3 aromatic rings. The fraction of sp³-hybridized carbons (Fsp3) is 0.462. The lowest BCUT2D eigenvalue weighted by Gasteiger charge is -2.17. The largest absolute Gasteiger partial charge is 0.379 e. The summed E-state index contributed by atoms with van der Waals surface area (Å²) in [5.41, 5.74) is 2.89. The Balaban J connectivity index is 1.35. The summed E-state index contributed by atoms with van der Waals surface area (Å²) in [4.78, 5) is 0. The summed E-state index contributed by atoms with van der Waals surface area (Å²) in [6, 6.07) is 17.7. The van der Waals surface area contributed by atoms with Crippen LogP contribution in [0.4, 0.5) is 0 Å². The minimum Gasteiger partial charge on any atom is -0.379 e. The van der Waals surface area contributed by atoms with Crippen LogP contribution in [0, 0.1) is 0 Å². The van der Waals surface area contributed by atoms with Crippen molar-refractivity contribution in [2.45, 2.75) is 37.9 Å². The van der Waals surface area contributed by atoms with Gasteiger partial charge in [0.1, 0.15) is 12.2 Å². The van der Waals surface area contributed by atoms with E-state index in [1.54, 1.807) is 0 Å². The van der Waals surface area contributed by atoms with E-state index in [-0.39, 0.29) is 0 Å². The van der Waals surface area contributed by atoms with Crippen molar-refractivity contribution in [2.24, 2.45) is 0 Å². The molecule has 2 fully saturated rings. The third-order valence-corrected chi connectivity index (χ3v) is 6.00. The van der Waals surface area contributed by atoms with E-state index in [9.17, 15) is 0 Å². The van der Waals surface area contributed by atoms with Gasteiger partial charge in [0.05, 0.1) is 26.4 Å². The molecule has 2 aliphatic heterocycles. The van der Waals surface area contributed by atoms with Crippen LogP contribution in [0.3, 0.4) is 0 Å². The van der Waals surface area contributed by atoms with Gasteiger partial charge in [0, 0.05) is 13.2 Å². The number of benzene rings is 3. The van der Waals surface area contributed by atoms with E-state index in [1.165, 1.54) is 32.7 Å². The van der Waals surface area contributed by atoms with Crippen molar-refractivity contribution in [1.82, 2.24) is 0 Å². The quantitative estimate of drug-likeness (QED) is 0.249. The molecular weight excluding hydrogens is 376 g/mol. The number of aryl methyl sites for hydroxylation is 2. The summed E-state index contributed by atoms with van der Waals surface area (Å²) in [6.45, 7) is 4.75. The molecule has 0 N–H and O–H groups in total. The molecule has 2 atom stereocenters. The SMILES string of the molecule is c1ccc2c(CCCOCC3CO3)c3ccccc3c(CCCOCC3CO3)c2c1. The van der Waals surface area contributed by atoms with Crippen molar-refractivity contribution < 1.29 is 18.9 Å². The lowest BCUT2D eigenvalue weighted by molar-refractivity contribution is 0.114. The first-order valence-corrected chi connectivity index (χ1v) is 11.2. The van der Waals surface area contributed by atoms with Crippen LogP contribution in [-0.4, -0.2) is 51.8 Å². The zero-order chi connectivity index (χ0) is 20.2. The average Bonchev–Trinajstić information content (AvgIpc) is 3.69. The average molecular weight is 407 g/mol. The van der Waals surface area contributed by atoms with Crippen LogP contribution in [-0.2, 0) is 31.8 Å². The fourth-order valence-electron chi connectivity index (χ4n) is 4.31. The van der Waals surface area contributed by atoms with E-state index in [1.807, 2.05) is 0 Å². The maximum absolute atomic E-state index is 5.78. The molecule has 2 saturated heterocycles. The van der Waals surface area contributed by atoms with Crippen molar-refractivity contribution in [1.29, 1.82) is 0 Å². The summed E-state index contributed by atoms with van der Waals surface area (Å²) in [5, 5.41) is 5.51. The Bertz CT molecular complexity index is 854. The standard InChI is InChI=1S/C26H30O4/c1-2-8-22-21(7-1)25(11-5-13-27-15-19-17-29-19)23-9-3-4-10-24(23)26(22)12-6-14-28-16-20-18-30-20/h1-4,7-10,19-20H,5-6,11-18H2. The predicted molar refractivity (Wildman–Crippen MR) is 119 cm³/mol. The smallest absolute Gasteiger partial charge is 0.104 e.